The van der Waals surface area contributed by atoms with Crippen molar-refractivity contribution in [1.82, 2.24) is 10.4 Å². The van der Waals surface area contributed by atoms with Crippen LogP contribution in [0.15, 0.2) is 71.1 Å². The maximum atomic E-state index is 12.9. The summed E-state index contributed by atoms with van der Waals surface area (Å²) < 4.78 is 50.0. The fraction of sp³-hybridized carbons (Fsp3) is 0.148. The number of methoxy groups -OCH3 is 1. The number of benzene rings is 3. The fourth-order valence-corrected chi connectivity index (χ4v) is 4.60. The second-order valence-corrected chi connectivity index (χ2v) is 9.95. The zero-order valence-corrected chi connectivity index (χ0v) is 23.1. The number of nitrogens with one attached hydrogen (secondary N) is 2. The van der Waals surface area contributed by atoms with E-state index in [1.807, 2.05) is 0 Å². The van der Waals surface area contributed by atoms with Gasteiger partial charge in [-0.05, 0) is 54.1 Å². The maximum absolute atomic E-state index is 12.9. The Morgan fingerprint density at radius 2 is 1.93 bits per heavy atom. The van der Waals surface area contributed by atoms with Gasteiger partial charge in [-0.25, -0.2) is 10.4 Å². The number of halogens is 5. The highest BCUT2D eigenvalue weighted by Gasteiger charge is 2.30. The summed E-state index contributed by atoms with van der Waals surface area (Å²) in [7, 11) is 1.50. The largest absolute Gasteiger partial charge is 0.493 e. The molecule has 0 radical (unpaired) electrons. The highest BCUT2D eigenvalue weighted by atomic mass is 35.5. The molecule has 0 saturated heterocycles. The Hall–Kier alpha value is -3.80. The van der Waals surface area contributed by atoms with Crippen molar-refractivity contribution in [3.63, 3.8) is 0 Å². The lowest BCUT2D eigenvalue weighted by Gasteiger charge is -2.12. The van der Waals surface area contributed by atoms with E-state index in [1.54, 1.807) is 41.8 Å². The van der Waals surface area contributed by atoms with Gasteiger partial charge in [-0.1, -0.05) is 35.3 Å². The highest BCUT2D eigenvalue weighted by molar-refractivity contribution is 7.13. The molecule has 0 atom stereocenters. The summed E-state index contributed by atoms with van der Waals surface area (Å²) in [5.41, 5.74) is 3.75. The van der Waals surface area contributed by atoms with Crippen LogP contribution in [0.2, 0.25) is 10.0 Å². The molecule has 0 aliphatic rings. The van der Waals surface area contributed by atoms with Crippen molar-refractivity contribution in [2.45, 2.75) is 19.2 Å². The van der Waals surface area contributed by atoms with E-state index in [0.29, 0.717) is 37.9 Å². The van der Waals surface area contributed by atoms with Crippen molar-refractivity contribution in [3.8, 4) is 11.5 Å². The van der Waals surface area contributed by atoms with Gasteiger partial charge in [-0.15, -0.1) is 11.3 Å². The topological polar surface area (TPSA) is 84.8 Å². The number of ether oxygens (including phenoxy) is 2. The summed E-state index contributed by atoms with van der Waals surface area (Å²) in [6.45, 7) is 0.212. The second kappa shape index (κ2) is 13.0. The first kappa shape index (κ1) is 29.2. The van der Waals surface area contributed by atoms with Gasteiger partial charge in [0, 0.05) is 26.7 Å². The van der Waals surface area contributed by atoms with Crippen molar-refractivity contribution in [3.05, 3.63) is 98.5 Å². The van der Waals surface area contributed by atoms with E-state index in [0.717, 1.165) is 17.7 Å². The molecule has 7 nitrogen and oxygen atoms in total. The van der Waals surface area contributed by atoms with Crippen LogP contribution >= 0.6 is 34.5 Å². The SMILES string of the molecule is COc1cc(/C=N\NC(=O)Cc2csc(Nc3cccc(C(F)(F)F)c3)n2)ccc1OCc1ccc(Cl)cc1Cl. The number of rotatable bonds is 10. The molecule has 0 unspecified atom stereocenters. The van der Waals surface area contributed by atoms with E-state index in [9.17, 15) is 18.0 Å². The lowest BCUT2D eigenvalue weighted by molar-refractivity contribution is -0.137. The number of hydrogen-bond donors (Lipinski definition) is 2. The molecule has 3 aromatic carbocycles. The van der Waals surface area contributed by atoms with Crippen LogP contribution in [-0.4, -0.2) is 24.2 Å². The number of hydrazone groups is 1. The molecule has 0 aliphatic heterocycles. The number of nitrogens with zero attached hydrogens (tertiary/aromatic N) is 2. The Kier molecular flexibility index (Phi) is 9.51. The lowest BCUT2D eigenvalue weighted by atomic mass is 10.2. The molecular weight excluding hydrogens is 588 g/mol. The van der Waals surface area contributed by atoms with E-state index < -0.39 is 17.6 Å². The molecule has 0 bridgehead atoms. The summed E-state index contributed by atoms with van der Waals surface area (Å²) in [4.78, 5) is 16.6. The third-order valence-corrected chi connectivity index (χ3v) is 6.72. The zero-order valence-electron chi connectivity index (χ0n) is 20.8. The summed E-state index contributed by atoms with van der Waals surface area (Å²) in [6, 6.07) is 15.1. The third-order valence-electron chi connectivity index (χ3n) is 5.32. The molecule has 1 heterocycles. The van der Waals surface area contributed by atoms with Gasteiger partial charge < -0.3 is 14.8 Å². The van der Waals surface area contributed by atoms with Gasteiger partial charge in [0.15, 0.2) is 16.6 Å². The van der Waals surface area contributed by atoms with Crippen molar-refractivity contribution >= 4 is 57.5 Å². The molecule has 1 amide bonds. The Morgan fingerprint density at radius 1 is 1.10 bits per heavy atom. The number of hydrogen-bond acceptors (Lipinski definition) is 7. The fourth-order valence-electron chi connectivity index (χ4n) is 3.40. The molecular formula is C27H21Cl2F3N4O3S. The average molecular weight is 609 g/mol. The minimum absolute atomic E-state index is 0.0680. The van der Waals surface area contributed by atoms with Gasteiger partial charge in [-0.2, -0.15) is 18.3 Å². The van der Waals surface area contributed by atoms with Gasteiger partial charge >= 0.3 is 6.18 Å². The first-order valence-electron chi connectivity index (χ1n) is 11.6. The number of carbonyl (C=O) groups excluding carboxylic acids is 1. The van der Waals surface area contributed by atoms with Crippen LogP contribution in [0.3, 0.4) is 0 Å². The number of alkyl halides is 3. The Bertz CT molecular complexity index is 1530. The quantitative estimate of drug-likeness (QED) is 0.144. The number of amides is 1. The van der Waals surface area contributed by atoms with Gasteiger partial charge in [0.2, 0.25) is 5.91 Å². The number of carbonyl (C=O) groups is 1. The van der Waals surface area contributed by atoms with E-state index in [2.05, 4.69) is 20.8 Å². The molecule has 208 valence electrons. The molecule has 40 heavy (non-hydrogen) atoms. The summed E-state index contributed by atoms with van der Waals surface area (Å²) >= 11 is 13.3. The minimum Gasteiger partial charge on any atom is -0.493 e. The molecule has 0 aliphatic carbocycles. The van der Waals surface area contributed by atoms with E-state index in [4.69, 9.17) is 32.7 Å². The molecule has 4 aromatic rings. The first-order chi connectivity index (χ1) is 19.1. The van der Waals surface area contributed by atoms with Crippen LogP contribution in [0, 0.1) is 0 Å². The minimum atomic E-state index is -4.45. The van der Waals surface area contributed by atoms with Gasteiger partial charge in [0.05, 0.1) is 31.0 Å². The predicted octanol–water partition coefficient (Wildman–Crippen LogP) is 7.49. The van der Waals surface area contributed by atoms with Crippen LogP contribution in [0.25, 0.3) is 0 Å². The van der Waals surface area contributed by atoms with E-state index in [-0.39, 0.29) is 18.7 Å². The standard InChI is InChI=1S/C27H21Cl2F3N4O3S/c1-38-24-9-16(5-8-23(24)39-14-17-6-7-19(28)11-22(17)29)13-33-36-25(37)12-21-15-40-26(35-21)34-20-4-2-3-18(10-20)27(30,31)32/h2-11,13,15H,12,14H2,1H3,(H,34,35)(H,36,37)/b33-13-. The summed E-state index contributed by atoms with van der Waals surface area (Å²) in [5.74, 6) is 0.537. The summed E-state index contributed by atoms with van der Waals surface area (Å²) in [6.07, 6.45) is -3.07. The van der Waals surface area contributed by atoms with Crippen molar-refractivity contribution in [2.24, 2.45) is 5.10 Å². The van der Waals surface area contributed by atoms with E-state index >= 15 is 0 Å². The highest BCUT2D eigenvalue weighted by Crippen LogP contribution is 2.32. The number of aromatic nitrogens is 1. The first-order valence-corrected chi connectivity index (χ1v) is 13.2. The van der Waals surface area contributed by atoms with Crippen LogP contribution < -0.4 is 20.2 Å². The van der Waals surface area contributed by atoms with Gasteiger partial charge in [-0.3, -0.25) is 4.79 Å². The van der Waals surface area contributed by atoms with Crippen LogP contribution in [0.1, 0.15) is 22.4 Å². The second-order valence-electron chi connectivity index (χ2n) is 8.25. The molecule has 4 rings (SSSR count). The number of thiazole rings is 1. The molecule has 0 saturated carbocycles. The Balaban J connectivity index is 1.29. The predicted molar refractivity (Wildman–Crippen MR) is 150 cm³/mol. The maximum Gasteiger partial charge on any atom is 0.416 e. The zero-order chi connectivity index (χ0) is 28.7. The molecule has 2 N–H and O–H groups in total. The smallest absolute Gasteiger partial charge is 0.416 e. The number of anilines is 2. The van der Waals surface area contributed by atoms with Gasteiger partial charge in [0.1, 0.15) is 6.61 Å². The third kappa shape index (κ3) is 8.10. The Labute approximate surface area is 241 Å². The van der Waals surface area contributed by atoms with Crippen molar-refractivity contribution in [2.75, 3.05) is 12.4 Å². The molecule has 0 spiro atoms. The monoisotopic (exact) mass is 608 g/mol. The lowest BCUT2D eigenvalue weighted by Crippen LogP contribution is -2.19. The van der Waals surface area contributed by atoms with Crippen molar-refractivity contribution < 1.29 is 27.4 Å². The van der Waals surface area contributed by atoms with Gasteiger partial charge in [0.25, 0.3) is 0 Å². The summed E-state index contributed by atoms with van der Waals surface area (Å²) in [5, 5.41) is 9.81. The average Bonchev–Trinajstić information content (AvgIpc) is 3.34. The van der Waals surface area contributed by atoms with Crippen LogP contribution in [0.4, 0.5) is 24.0 Å². The van der Waals surface area contributed by atoms with Crippen molar-refractivity contribution in [1.29, 1.82) is 0 Å². The molecule has 13 heteroatoms. The normalized spacial score (nSPS) is 11.4. The van der Waals surface area contributed by atoms with Crippen LogP contribution in [0.5, 0.6) is 11.5 Å². The Morgan fingerprint density at radius 3 is 2.67 bits per heavy atom. The molecule has 0 fully saturated rings. The molecule has 1 aromatic heterocycles. The van der Waals surface area contributed by atoms with Crippen LogP contribution in [-0.2, 0) is 24.0 Å². The van der Waals surface area contributed by atoms with E-state index in [1.165, 1.54) is 36.8 Å².